The number of carbonyl (C=O) groups is 3. The fourth-order valence-corrected chi connectivity index (χ4v) is 2.28. The second kappa shape index (κ2) is 10.0. The molecule has 2 atom stereocenters. The molecular weight excluding hydrogens is 327 g/mol. The van der Waals surface area contributed by atoms with Crippen molar-refractivity contribution >= 4 is 17.7 Å². The van der Waals surface area contributed by atoms with Crippen molar-refractivity contribution < 1.29 is 18.8 Å². The molecular formula is C17H21FN4O3. The molecule has 0 fully saturated rings. The van der Waals surface area contributed by atoms with Crippen molar-refractivity contribution in [2.75, 3.05) is 0 Å². The topological polar surface area (TPSA) is 125 Å². The van der Waals surface area contributed by atoms with Crippen LogP contribution < -0.4 is 16.4 Å². The third-order valence-corrected chi connectivity index (χ3v) is 3.52. The molecule has 0 radical (unpaired) electrons. The lowest BCUT2D eigenvalue weighted by atomic mass is 10.0. The molecule has 0 aliphatic rings. The molecule has 0 aliphatic heterocycles. The van der Waals surface area contributed by atoms with E-state index >= 15 is 0 Å². The van der Waals surface area contributed by atoms with Gasteiger partial charge in [0.1, 0.15) is 17.9 Å². The van der Waals surface area contributed by atoms with E-state index in [1.165, 1.54) is 25.1 Å². The van der Waals surface area contributed by atoms with Crippen LogP contribution in [0.4, 0.5) is 4.39 Å². The highest BCUT2D eigenvalue weighted by atomic mass is 19.1. The summed E-state index contributed by atoms with van der Waals surface area (Å²) in [5, 5.41) is 13.4. The lowest BCUT2D eigenvalue weighted by Crippen LogP contribution is -2.53. The van der Waals surface area contributed by atoms with Crippen LogP contribution in [0.3, 0.4) is 0 Å². The number of hydrogen-bond donors (Lipinski definition) is 3. The van der Waals surface area contributed by atoms with Gasteiger partial charge >= 0.3 is 0 Å². The van der Waals surface area contributed by atoms with Crippen LogP contribution in [0.15, 0.2) is 24.3 Å². The van der Waals surface area contributed by atoms with Gasteiger partial charge < -0.3 is 16.4 Å². The Hall–Kier alpha value is -2.95. The summed E-state index contributed by atoms with van der Waals surface area (Å²) in [6, 6.07) is 5.83. The molecule has 0 heterocycles. The van der Waals surface area contributed by atoms with Crippen molar-refractivity contribution in [1.82, 2.24) is 10.6 Å². The number of halogens is 1. The number of hydrogen-bond acceptors (Lipinski definition) is 4. The third kappa shape index (κ3) is 6.99. The minimum atomic E-state index is -1.05. The van der Waals surface area contributed by atoms with Crippen LogP contribution in [-0.2, 0) is 20.8 Å². The Morgan fingerprint density at radius 3 is 2.48 bits per heavy atom. The lowest BCUT2D eigenvalue weighted by Gasteiger charge is -2.21. The zero-order valence-electron chi connectivity index (χ0n) is 13.9. The summed E-state index contributed by atoms with van der Waals surface area (Å²) in [7, 11) is 0. The standard InChI is InChI=1S/C17H21FN4O3/c1-11(23)21-15(10-12-6-2-3-7-13(12)18)17(25)22-14(16(20)24)8-4-5-9-19/h2-3,6-7,14-15H,4-5,8,10H2,1H3,(H2,20,24)(H,21,23)(H,22,25)/t14-,15-/m0/s1. The van der Waals surface area contributed by atoms with E-state index in [-0.39, 0.29) is 24.8 Å². The van der Waals surface area contributed by atoms with E-state index in [1.807, 2.05) is 6.07 Å². The maximum atomic E-state index is 13.8. The second-order valence-electron chi connectivity index (χ2n) is 5.56. The van der Waals surface area contributed by atoms with Gasteiger partial charge in [-0.05, 0) is 24.5 Å². The Balaban J connectivity index is 2.84. The summed E-state index contributed by atoms with van der Waals surface area (Å²) in [5.74, 6) is -2.33. The number of carbonyl (C=O) groups excluding carboxylic acids is 3. The molecule has 8 heteroatoms. The number of nitriles is 1. The first kappa shape index (κ1) is 20.1. The van der Waals surface area contributed by atoms with Gasteiger partial charge in [0, 0.05) is 19.8 Å². The van der Waals surface area contributed by atoms with Gasteiger partial charge in [0.05, 0.1) is 6.07 Å². The van der Waals surface area contributed by atoms with Crippen molar-refractivity contribution in [3.8, 4) is 6.07 Å². The SMILES string of the molecule is CC(=O)N[C@@H](Cc1ccccc1F)C(=O)N[C@@H](CCCC#N)C(N)=O. The van der Waals surface area contributed by atoms with Crippen molar-refractivity contribution in [3.05, 3.63) is 35.6 Å². The van der Waals surface area contributed by atoms with Gasteiger partial charge in [0.25, 0.3) is 0 Å². The Labute approximate surface area is 145 Å². The van der Waals surface area contributed by atoms with Gasteiger partial charge in [-0.1, -0.05) is 18.2 Å². The number of rotatable bonds is 9. The zero-order chi connectivity index (χ0) is 18.8. The van der Waals surface area contributed by atoms with Crippen LogP contribution in [0.5, 0.6) is 0 Å². The molecule has 3 amide bonds. The average molecular weight is 348 g/mol. The van der Waals surface area contributed by atoms with Crippen molar-refractivity contribution in [3.63, 3.8) is 0 Å². The fraction of sp³-hybridized carbons (Fsp3) is 0.412. The van der Waals surface area contributed by atoms with Gasteiger partial charge in [-0.2, -0.15) is 5.26 Å². The fourth-order valence-electron chi connectivity index (χ4n) is 2.28. The van der Waals surface area contributed by atoms with Crippen LogP contribution in [0, 0.1) is 17.1 Å². The number of nitrogens with two attached hydrogens (primary N) is 1. The molecule has 0 spiro atoms. The molecule has 1 rings (SSSR count). The lowest BCUT2D eigenvalue weighted by molar-refractivity contribution is -0.130. The van der Waals surface area contributed by atoms with E-state index in [9.17, 15) is 18.8 Å². The van der Waals surface area contributed by atoms with Crippen LogP contribution in [0.2, 0.25) is 0 Å². The van der Waals surface area contributed by atoms with Crippen molar-refractivity contribution in [2.24, 2.45) is 5.73 Å². The molecule has 0 aliphatic carbocycles. The van der Waals surface area contributed by atoms with Gasteiger partial charge in [-0.3, -0.25) is 14.4 Å². The predicted octanol–water partition coefficient (Wildman–Crippen LogP) is 0.537. The summed E-state index contributed by atoms with van der Waals surface area (Å²) in [6.45, 7) is 1.24. The highest BCUT2D eigenvalue weighted by Gasteiger charge is 2.25. The summed E-state index contributed by atoms with van der Waals surface area (Å²) in [5.41, 5.74) is 5.52. The largest absolute Gasteiger partial charge is 0.368 e. The first-order valence-electron chi connectivity index (χ1n) is 7.82. The summed E-state index contributed by atoms with van der Waals surface area (Å²) in [4.78, 5) is 35.2. The number of nitrogens with zero attached hydrogens (tertiary/aromatic N) is 1. The first-order chi connectivity index (χ1) is 11.8. The Kier molecular flexibility index (Phi) is 8.06. The monoisotopic (exact) mass is 348 g/mol. The minimum absolute atomic E-state index is 0.0677. The molecule has 25 heavy (non-hydrogen) atoms. The van der Waals surface area contributed by atoms with Crippen LogP contribution in [0.1, 0.15) is 31.7 Å². The van der Waals surface area contributed by atoms with Crippen LogP contribution >= 0.6 is 0 Å². The summed E-state index contributed by atoms with van der Waals surface area (Å²) >= 11 is 0. The van der Waals surface area contributed by atoms with E-state index in [4.69, 9.17) is 11.0 Å². The summed E-state index contributed by atoms with van der Waals surface area (Å²) < 4.78 is 13.8. The van der Waals surface area contributed by atoms with Gasteiger partial charge in [0.2, 0.25) is 17.7 Å². The quantitative estimate of drug-likeness (QED) is 0.563. The number of unbranched alkanes of at least 4 members (excludes halogenated alkanes) is 1. The number of primary amides is 1. The smallest absolute Gasteiger partial charge is 0.243 e. The van der Waals surface area contributed by atoms with E-state index in [2.05, 4.69) is 10.6 Å². The molecule has 1 aromatic rings. The molecule has 0 unspecified atom stereocenters. The molecule has 0 saturated heterocycles. The highest BCUT2D eigenvalue weighted by molar-refractivity contribution is 5.91. The van der Waals surface area contributed by atoms with Gasteiger partial charge in [-0.25, -0.2) is 4.39 Å². The molecule has 4 N–H and O–H groups in total. The minimum Gasteiger partial charge on any atom is -0.368 e. The molecule has 0 saturated carbocycles. The zero-order valence-corrected chi connectivity index (χ0v) is 13.9. The summed E-state index contributed by atoms with van der Waals surface area (Å²) in [6.07, 6.45) is 0.759. The van der Waals surface area contributed by atoms with Crippen molar-refractivity contribution in [1.29, 1.82) is 5.26 Å². The van der Waals surface area contributed by atoms with Crippen LogP contribution in [-0.4, -0.2) is 29.8 Å². The maximum Gasteiger partial charge on any atom is 0.243 e. The average Bonchev–Trinajstić information content (AvgIpc) is 2.54. The predicted molar refractivity (Wildman–Crippen MR) is 88.3 cm³/mol. The molecule has 134 valence electrons. The normalized spacial score (nSPS) is 12.5. The van der Waals surface area contributed by atoms with E-state index in [0.29, 0.717) is 6.42 Å². The van der Waals surface area contributed by atoms with Gasteiger partial charge in [0.15, 0.2) is 0 Å². The van der Waals surface area contributed by atoms with E-state index in [1.54, 1.807) is 6.07 Å². The van der Waals surface area contributed by atoms with E-state index < -0.39 is 35.6 Å². The number of nitrogens with one attached hydrogen (secondary N) is 2. The molecule has 7 nitrogen and oxygen atoms in total. The van der Waals surface area contributed by atoms with Gasteiger partial charge in [-0.15, -0.1) is 0 Å². The third-order valence-electron chi connectivity index (χ3n) is 3.52. The Morgan fingerprint density at radius 1 is 1.24 bits per heavy atom. The Morgan fingerprint density at radius 2 is 1.92 bits per heavy atom. The highest BCUT2D eigenvalue weighted by Crippen LogP contribution is 2.10. The number of amides is 3. The Bertz CT molecular complexity index is 672. The molecule has 0 aromatic heterocycles. The first-order valence-corrected chi connectivity index (χ1v) is 7.82. The molecule has 1 aromatic carbocycles. The van der Waals surface area contributed by atoms with Crippen molar-refractivity contribution in [2.45, 2.75) is 44.7 Å². The van der Waals surface area contributed by atoms with Crippen LogP contribution in [0.25, 0.3) is 0 Å². The number of benzene rings is 1. The van der Waals surface area contributed by atoms with E-state index in [0.717, 1.165) is 0 Å². The molecule has 0 bridgehead atoms. The second-order valence-corrected chi connectivity index (χ2v) is 5.56. The maximum absolute atomic E-state index is 13.8.